The minimum Gasteiger partial charge on any atom is -0.493 e. The second-order valence-corrected chi connectivity index (χ2v) is 6.79. The molecule has 2 atom stereocenters. The number of nitrogens with zero attached hydrogens (tertiary/aromatic N) is 3. The lowest BCUT2D eigenvalue weighted by Gasteiger charge is -2.35. The fraction of sp³-hybridized carbons (Fsp3) is 0.611. The first-order chi connectivity index (χ1) is 11.6. The molecule has 0 radical (unpaired) electrons. The molecule has 6 nitrogen and oxygen atoms in total. The van der Waals surface area contributed by atoms with Crippen molar-refractivity contribution in [2.45, 2.75) is 25.4 Å². The number of nitrogens with two attached hydrogens (primary N) is 1. The van der Waals surface area contributed by atoms with Crippen LogP contribution in [0, 0.1) is 0 Å². The molecule has 0 amide bonds. The van der Waals surface area contributed by atoms with Crippen molar-refractivity contribution < 1.29 is 4.74 Å². The molecule has 7 heteroatoms. The Morgan fingerprint density at radius 2 is 2.04 bits per heavy atom. The number of likely N-dealkylation sites (N-methyl/N-ethyl adjacent to an activating group) is 1. The number of ether oxygens (including phenoxy) is 1. The van der Waals surface area contributed by atoms with Gasteiger partial charge in [-0.3, -0.25) is 9.89 Å². The number of aliphatic imine (C=N–C) groups is 1. The van der Waals surface area contributed by atoms with Gasteiger partial charge in [-0.25, -0.2) is 0 Å². The highest BCUT2D eigenvalue weighted by molar-refractivity contribution is 14.0. The third kappa shape index (κ3) is 5.46. The van der Waals surface area contributed by atoms with Gasteiger partial charge in [0.05, 0.1) is 19.2 Å². The first-order valence-corrected chi connectivity index (χ1v) is 8.84. The molecule has 1 fully saturated rings. The van der Waals surface area contributed by atoms with Crippen molar-refractivity contribution in [1.29, 1.82) is 0 Å². The van der Waals surface area contributed by atoms with E-state index < -0.39 is 0 Å². The molecule has 2 heterocycles. The van der Waals surface area contributed by atoms with Gasteiger partial charge in [-0.15, -0.1) is 24.0 Å². The summed E-state index contributed by atoms with van der Waals surface area (Å²) in [4.78, 5) is 9.43. The van der Waals surface area contributed by atoms with Gasteiger partial charge in [-0.05, 0) is 20.0 Å². The third-order valence-corrected chi connectivity index (χ3v) is 4.97. The molecule has 140 valence electrons. The van der Waals surface area contributed by atoms with E-state index in [-0.39, 0.29) is 30.0 Å². The number of benzene rings is 1. The van der Waals surface area contributed by atoms with Crippen LogP contribution in [0.4, 0.5) is 0 Å². The molecule has 3 rings (SSSR count). The van der Waals surface area contributed by atoms with Gasteiger partial charge in [0, 0.05) is 44.2 Å². The van der Waals surface area contributed by atoms with Crippen LogP contribution in [-0.4, -0.2) is 68.2 Å². The lowest BCUT2D eigenvalue weighted by Crippen LogP contribution is -2.49. The van der Waals surface area contributed by atoms with Crippen molar-refractivity contribution in [2.24, 2.45) is 10.7 Å². The van der Waals surface area contributed by atoms with E-state index in [4.69, 9.17) is 10.5 Å². The molecule has 0 saturated carbocycles. The Labute approximate surface area is 167 Å². The zero-order chi connectivity index (χ0) is 16.9. The first-order valence-electron chi connectivity index (χ1n) is 8.84. The number of nitrogens with one attached hydrogen (secondary N) is 1. The van der Waals surface area contributed by atoms with Gasteiger partial charge in [0.1, 0.15) is 5.75 Å². The number of fused-ring (bicyclic) bond motifs is 1. The number of guanidine groups is 1. The predicted molar refractivity (Wildman–Crippen MR) is 113 cm³/mol. The van der Waals surface area contributed by atoms with E-state index in [1.807, 2.05) is 18.2 Å². The highest BCUT2D eigenvalue weighted by atomic mass is 127. The maximum absolute atomic E-state index is 6.13. The minimum absolute atomic E-state index is 0. The van der Waals surface area contributed by atoms with Gasteiger partial charge in [0.15, 0.2) is 5.96 Å². The minimum atomic E-state index is 0. The van der Waals surface area contributed by atoms with Gasteiger partial charge in [0.2, 0.25) is 0 Å². The Morgan fingerprint density at radius 1 is 1.32 bits per heavy atom. The summed E-state index contributed by atoms with van der Waals surface area (Å²) in [7, 11) is 2.17. The molecule has 2 unspecified atom stereocenters. The van der Waals surface area contributed by atoms with Gasteiger partial charge in [0.25, 0.3) is 0 Å². The second-order valence-electron chi connectivity index (χ2n) is 6.79. The summed E-state index contributed by atoms with van der Waals surface area (Å²) < 4.78 is 5.69. The number of hydrogen-bond donors (Lipinski definition) is 2. The molecule has 1 aromatic carbocycles. The summed E-state index contributed by atoms with van der Waals surface area (Å²) in [5, 5.41) is 3.36. The van der Waals surface area contributed by atoms with Crippen LogP contribution in [0.5, 0.6) is 5.75 Å². The fourth-order valence-corrected chi connectivity index (χ4v) is 3.32. The van der Waals surface area contributed by atoms with E-state index >= 15 is 0 Å². The molecule has 0 aliphatic carbocycles. The number of halogens is 1. The Balaban J connectivity index is 0.00000225. The van der Waals surface area contributed by atoms with E-state index in [1.165, 1.54) is 0 Å². The fourth-order valence-electron chi connectivity index (χ4n) is 3.32. The summed E-state index contributed by atoms with van der Waals surface area (Å²) in [6.45, 7) is 8.13. The molecule has 2 aliphatic rings. The molecule has 0 bridgehead atoms. The average Bonchev–Trinajstić information content (AvgIpc) is 2.61. The quantitative estimate of drug-likeness (QED) is 0.408. The van der Waals surface area contributed by atoms with Gasteiger partial charge in [-0.1, -0.05) is 18.2 Å². The van der Waals surface area contributed by atoms with Crippen molar-refractivity contribution in [3.05, 3.63) is 29.8 Å². The SMILES string of the molecule is CC(CN=C(N)NC1CCOc2ccccc21)N1CCN(C)CC1.I. The third-order valence-electron chi connectivity index (χ3n) is 4.97. The molecule has 1 saturated heterocycles. The molecule has 1 aromatic rings. The van der Waals surface area contributed by atoms with Crippen LogP contribution in [-0.2, 0) is 0 Å². The molecule has 0 spiro atoms. The molecule has 3 N–H and O–H groups in total. The Bertz CT molecular complexity index is 574. The maximum Gasteiger partial charge on any atom is 0.189 e. The van der Waals surface area contributed by atoms with Gasteiger partial charge >= 0.3 is 0 Å². The Hall–Kier alpha value is -1.06. The topological polar surface area (TPSA) is 66.1 Å². The summed E-state index contributed by atoms with van der Waals surface area (Å²) in [6.07, 6.45) is 0.904. The maximum atomic E-state index is 6.13. The second kappa shape index (κ2) is 9.59. The van der Waals surface area contributed by atoms with Crippen molar-refractivity contribution in [1.82, 2.24) is 15.1 Å². The van der Waals surface area contributed by atoms with Crippen LogP contribution in [0.2, 0.25) is 0 Å². The van der Waals surface area contributed by atoms with Crippen LogP contribution in [0.15, 0.2) is 29.3 Å². The van der Waals surface area contributed by atoms with Crippen molar-refractivity contribution in [2.75, 3.05) is 46.4 Å². The number of rotatable bonds is 4. The number of piperazine rings is 1. The van der Waals surface area contributed by atoms with Crippen molar-refractivity contribution >= 4 is 29.9 Å². The summed E-state index contributed by atoms with van der Waals surface area (Å²) in [5.41, 5.74) is 7.29. The lowest BCUT2D eigenvalue weighted by molar-refractivity contribution is 0.122. The number of hydrogen-bond acceptors (Lipinski definition) is 4. The van der Waals surface area contributed by atoms with E-state index in [1.54, 1.807) is 0 Å². The average molecular weight is 459 g/mol. The molecular formula is C18H30IN5O. The normalized spacial score (nSPS) is 23.1. The standard InChI is InChI=1S/C18H29N5O.HI/c1-14(23-10-8-22(2)9-11-23)13-20-18(19)21-16-7-12-24-17-6-4-3-5-15(16)17;/h3-6,14,16H,7-13H2,1-2H3,(H3,19,20,21);1H. The predicted octanol–water partition coefficient (Wildman–Crippen LogP) is 1.67. The molecule has 0 aromatic heterocycles. The molecular weight excluding hydrogens is 429 g/mol. The van der Waals surface area contributed by atoms with Crippen LogP contribution in [0.1, 0.15) is 24.9 Å². The van der Waals surface area contributed by atoms with E-state index in [0.717, 1.165) is 50.5 Å². The summed E-state index contributed by atoms with van der Waals surface area (Å²) >= 11 is 0. The summed E-state index contributed by atoms with van der Waals surface area (Å²) in [5.74, 6) is 1.47. The molecule has 2 aliphatic heterocycles. The first kappa shape index (κ1) is 20.3. The van der Waals surface area contributed by atoms with Crippen molar-refractivity contribution in [3.8, 4) is 5.75 Å². The Kier molecular flexibility index (Phi) is 7.77. The summed E-state index contributed by atoms with van der Waals surface area (Å²) in [6, 6.07) is 8.72. The van der Waals surface area contributed by atoms with Crippen LogP contribution in [0.25, 0.3) is 0 Å². The van der Waals surface area contributed by atoms with E-state index in [0.29, 0.717) is 18.6 Å². The number of para-hydroxylation sites is 1. The van der Waals surface area contributed by atoms with Gasteiger partial charge in [-0.2, -0.15) is 0 Å². The zero-order valence-electron chi connectivity index (χ0n) is 15.1. The largest absolute Gasteiger partial charge is 0.493 e. The monoisotopic (exact) mass is 459 g/mol. The van der Waals surface area contributed by atoms with Crippen LogP contribution < -0.4 is 15.8 Å². The van der Waals surface area contributed by atoms with Crippen molar-refractivity contribution in [3.63, 3.8) is 0 Å². The van der Waals surface area contributed by atoms with E-state index in [9.17, 15) is 0 Å². The van der Waals surface area contributed by atoms with E-state index in [2.05, 4.69) is 40.1 Å². The van der Waals surface area contributed by atoms with Crippen LogP contribution in [0.3, 0.4) is 0 Å². The highest BCUT2D eigenvalue weighted by Crippen LogP contribution is 2.31. The molecule has 25 heavy (non-hydrogen) atoms. The van der Waals surface area contributed by atoms with Gasteiger partial charge < -0.3 is 20.7 Å². The smallest absolute Gasteiger partial charge is 0.189 e. The Morgan fingerprint density at radius 3 is 2.80 bits per heavy atom. The highest BCUT2D eigenvalue weighted by Gasteiger charge is 2.22. The lowest BCUT2D eigenvalue weighted by atomic mass is 10.0. The zero-order valence-corrected chi connectivity index (χ0v) is 17.5. The van der Waals surface area contributed by atoms with Crippen LogP contribution >= 0.6 is 24.0 Å².